The highest BCUT2D eigenvalue weighted by Crippen LogP contribution is 2.32. The van der Waals surface area contributed by atoms with Crippen LogP contribution in [-0.4, -0.2) is 15.7 Å². The van der Waals surface area contributed by atoms with E-state index in [0.29, 0.717) is 28.0 Å². The molecule has 1 heterocycles. The maximum absolute atomic E-state index is 11.8. The number of carbonyl (C=O) groups excluding carboxylic acids is 1. The minimum absolute atomic E-state index is 0.188. The van der Waals surface area contributed by atoms with Crippen LogP contribution in [0.25, 0.3) is 0 Å². The van der Waals surface area contributed by atoms with Gasteiger partial charge < -0.3 is 11.1 Å². The second-order valence-corrected chi connectivity index (χ2v) is 4.76. The van der Waals surface area contributed by atoms with Crippen LogP contribution in [0.1, 0.15) is 6.42 Å². The van der Waals surface area contributed by atoms with E-state index in [-0.39, 0.29) is 12.3 Å². The molecule has 0 saturated heterocycles. The number of aryl methyl sites for hydroxylation is 1. The normalized spacial score (nSPS) is 10.4. The molecular weight excluding hydrogens is 287 g/mol. The molecule has 2 aromatic rings. The van der Waals surface area contributed by atoms with Gasteiger partial charge in [-0.2, -0.15) is 5.10 Å². The zero-order valence-electron chi connectivity index (χ0n) is 9.94. The van der Waals surface area contributed by atoms with Gasteiger partial charge in [-0.25, -0.2) is 0 Å². The SMILES string of the molecule is Nc1cc(Cl)cc(Cl)c1NC(=O)CCn1cccn1. The van der Waals surface area contributed by atoms with Crippen LogP contribution in [0.4, 0.5) is 11.4 Å². The second-order valence-electron chi connectivity index (χ2n) is 3.92. The summed E-state index contributed by atoms with van der Waals surface area (Å²) in [5.41, 5.74) is 6.48. The molecule has 5 nitrogen and oxygen atoms in total. The summed E-state index contributed by atoms with van der Waals surface area (Å²) in [6.07, 6.45) is 3.73. The molecule has 0 unspecified atom stereocenters. The Balaban J connectivity index is 1.99. The number of carbonyl (C=O) groups is 1. The molecule has 0 radical (unpaired) electrons. The lowest BCUT2D eigenvalue weighted by Crippen LogP contribution is -2.16. The standard InChI is InChI=1S/C12H12Cl2N4O/c13-8-6-9(14)12(10(15)7-8)17-11(19)2-5-18-4-1-3-16-18/h1,3-4,6-7H,2,5,15H2,(H,17,19). The summed E-state index contributed by atoms with van der Waals surface area (Å²) in [5, 5.41) is 7.43. The number of hydrogen-bond donors (Lipinski definition) is 2. The molecule has 0 spiro atoms. The minimum Gasteiger partial charge on any atom is -0.397 e. The number of halogens is 2. The van der Waals surface area contributed by atoms with Crippen molar-refractivity contribution in [2.24, 2.45) is 0 Å². The molecule has 7 heteroatoms. The molecule has 0 aliphatic heterocycles. The molecule has 1 amide bonds. The zero-order valence-corrected chi connectivity index (χ0v) is 11.4. The lowest BCUT2D eigenvalue weighted by atomic mass is 10.2. The van der Waals surface area contributed by atoms with Crippen molar-refractivity contribution >= 4 is 40.5 Å². The van der Waals surface area contributed by atoms with Crippen LogP contribution >= 0.6 is 23.2 Å². The molecule has 100 valence electrons. The molecule has 3 N–H and O–H groups in total. The first-order valence-electron chi connectivity index (χ1n) is 5.58. The van der Waals surface area contributed by atoms with Gasteiger partial charge in [0.2, 0.25) is 5.91 Å². The van der Waals surface area contributed by atoms with Crippen LogP contribution < -0.4 is 11.1 Å². The lowest BCUT2D eigenvalue weighted by molar-refractivity contribution is -0.116. The number of anilines is 2. The third kappa shape index (κ3) is 3.62. The topological polar surface area (TPSA) is 72.9 Å². The van der Waals surface area contributed by atoms with Crippen LogP contribution in [0.2, 0.25) is 10.0 Å². The van der Waals surface area contributed by atoms with Crippen molar-refractivity contribution in [2.75, 3.05) is 11.1 Å². The fourth-order valence-electron chi connectivity index (χ4n) is 1.58. The number of hydrogen-bond acceptors (Lipinski definition) is 3. The van der Waals surface area contributed by atoms with E-state index in [1.807, 2.05) is 0 Å². The van der Waals surface area contributed by atoms with E-state index in [2.05, 4.69) is 10.4 Å². The number of benzene rings is 1. The molecule has 1 aromatic carbocycles. The van der Waals surface area contributed by atoms with Crippen LogP contribution in [-0.2, 0) is 11.3 Å². The van der Waals surface area contributed by atoms with Crippen LogP contribution in [0, 0.1) is 0 Å². The Labute approximate surface area is 120 Å². The van der Waals surface area contributed by atoms with Crippen LogP contribution in [0.5, 0.6) is 0 Å². The van der Waals surface area contributed by atoms with Gasteiger partial charge in [-0.15, -0.1) is 0 Å². The van der Waals surface area contributed by atoms with Crippen molar-refractivity contribution in [3.05, 3.63) is 40.6 Å². The van der Waals surface area contributed by atoms with E-state index in [1.165, 1.54) is 12.1 Å². The average molecular weight is 299 g/mol. The highest BCUT2D eigenvalue weighted by atomic mass is 35.5. The Hall–Kier alpha value is -1.72. The number of nitrogens with one attached hydrogen (secondary N) is 1. The summed E-state index contributed by atoms with van der Waals surface area (Å²) >= 11 is 11.8. The average Bonchev–Trinajstić information content (AvgIpc) is 2.84. The van der Waals surface area contributed by atoms with Crippen LogP contribution in [0.3, 0.4) is 0 Å². The van der Waals surface area contributed by atoms with Crippen molar-refractivity contribution in [3.63, 3.8) is 0 Å². The number of nitrogens with zero attached hydrogens (tertiary/aromatic N) is 2. The predicted octanol–water partition coefficient (Wildman–Crippen LogP) is 2.80. The lowest BCUT2D eigenvalue weighted by Gasteiger charge is -2.10. The second kappa shape index (κ2) is 5.95. The van der Waals surface area contributed by atoms with Gasteiger partial charge in [-0.1, -0.05) is 23.2 Å². The minimum atomic E-state index is -0.188. The fourth-order valence-corrected chi connectivity index (χ4v) is 2.13. The van der Waals surface area contributed by atoms with E-state index < -0.39 is 0 Å². The first-order chi connectivity index (χ1) is 9.06. The highest BCUT2D eigenvalue weighted by Gasteiger charge is 2.10. The van der Waals surface area contributed by atoms with Crippen molar-refractivity contribution in [1.82, 2.24) is 9.78 Å². The summed E-state index contributed by atoms with van der Waals surface area (Å²) in [7, 11) is 0. The Morgan fingerprint density at radius 1 is 1.42 bits per heavy atom. The first kappa shape index (κ1) is 13.7. The molecule has 0 saturated carbocycles. The van der Waals surface area contributed by atoms with E-state index in [1.54, 1.807) is 23.1 Å². The Morgan fingerprint density at radius 2 is 2.21 bits per heavy atom. The van der Waals surface area contributed by atoms with Crippen molar-refractivity contribution in [1.29, 1.82) is 0 Å². The summed E-state index contributed by atoms with van der Waals surface area (Å²) in [6.45, 7) is 0.490. The van der Waals surface area contributed by atoms with Gasteiger partial charge in [0.25, 0.3) is 0 Å². The highest BCUT2D eigenvalue weighted by molar-refractivity contribution is 6.37. The summed E-state index contributed by atoms with van der Waals surface area (Å²) < 4.78 is 1.67. The molecule has 0 atom stereocenters. The number of nitrogens with two attached hydrogens (primary N) is 1. The van der Waals surface area contributed by atoms with Gasteiger partial charge in [0, 0.05) is 30.4 Å². The quantitative estimate of drug-likeness (QED) is 0.853. The van der Waals surface area contributed by atoms with E-state index in [0.717, 1.165) is 0 Å². The Kier molecular flexibility index (Phi) is 4.29. The number of nitrogen functional groups attached to an aromatic ring is 1. The monoisotopic (exact) mass is 298 g/mol. The van der Waals surface area contributed by atoms with E-state index >= 15 is 0 Å². The molecule has 19 heavy (non-hydrogen) atoms. The third-order valence-corrected chi connectivity index (χ3v) is 2.99. The van der Waals surface area contributed by atoms with Crippen molar-refractivity contribution in [2.45, 2.75) is 13.0 Å². The fraction of sp³-hybridized carbons (Fsp3) is 0.167. The molecule has 1 aromatic heterocycles. The maximum Gasteiger partial charge on any atom is 0.226 e. The van der Waals surface area contributed by atoms with Crippen molar-refractivity contribution in [3.8, 4) is 0 Å². The van der Waals surface area contributed by atoms with Gasteiger partial charge in [0.1, 0.15) is 0 Å². The van der Waals surface area contributed by atoms with Crippen LogP contribution in [0.15, 0.2) is 30.6 Å². The van der Waals surface area contributed by atoms with E-state index in [4.69, 9.17) is 28.9 Å². The summed E-state index contributed by atoms with van der Waals surface area (Å²) in [4.78, 5) is 11.8. The Bertz CT molecular complexity index is 560. The van der Waals surface area contributed by atoms with Gasteiger partial charge >= 0.3 is 0 Å². The molecule has 0 aliphatic rings. The van der Waals surface area contributed by atoms with E-state index in [9.17, 15) is 4.79 Å². The maximum atomic E-state index is 11.8. The zero-order chi connectivity index (χ0) is 13.8. The molecule has 0 aliphatic carbocycles. The number of amides is 1. The largest absolute Gasteiger partial charge is 0.397 e. The molecular formula is C12H12Cl2N4O. The molecule has 0 bridgehead atoms. The number of aromatic nitrogens is 2. The molecule has 0 fully saturated rings. The Morgan fingerprint density at radius 3 is 2.84 bits per heavy atom. The third-order valence-electron chi connectivity index (χ3n) is 2.48. The van der Waals surface area contributed by atoms with Gasteiger partial charge in [-0.3, -0.25) is 9.48 Å². The molecule has 2 rings (SSSR count). The van der Waals surface area contributed by atoms with Gasteiger partial charge in [-0.05, 0) is 18.2 Å². The summed E-state index contributed by atoms with van der Waals surface area (Å²) in [6, 6.07) is 4.87. The first-order valence-corrected chi connectivity index (χ1v) is 6.33. The van der Waals surface area contributed by atoms with Crippen molar-refractivity contribution < 1.29 is 4.79 Å². The smallest absolute Gasteiger partial charge is 0.226 e. The van der Waals surface area contributed by atoms with Gasteiger partial charge in [0.15, 0.2) is 0 Å². The predicted molar refractivity (Wildman–Crippen MR) is 76.3 cm³/mol. The summed E-state index contributed by atoms with van der Waals surface area (Å²) in [5.74, 6) is -0.188. The van der Waals surface area contributed by atoms with Gasteiger partial charge in [0.05, 0.1) is 16.4 Å². The number of rotatable bonds is 4.